The summed E-state index contributed by atoms with van der Waals surface area (Å²) in [6.45, 7) is 1.88. The first-order valence-corrected chi connectivity index (χ1v) is 8.14. The van der Waals surface area contributed by atoms with Crippen LogP contribution in [-0.4, -0.2) is 26.2 Å². The van der Waals surface area contributed by atoms with Crippen LogP contribution in [0.2, 0.25) is 0 Å². The van der Waals surface area contributed by atoms with Gasteiger partial charge in [0.05, 0.1) is 11.3 Å². The first-order chi connectivity index (χ1) is 13.1. The van der Waals surface area contributed by atoms with E-state index in [1.807, 2.05) is 19.1 Å². The molecule has 4 rings (SSSR count). The van der Waals surface area contributed by atoms with Crippen molar-refractivity contribution in [3.63, 3.8) is 0 Å². The van der Waals surface area contributed by atoms with E-state index in [-0.39, 0.29) is 6.61 Å². The zero-order valence-electron chi connectivity index (χ0n) is 14.3. The van der Waals surface area contributed by atoms with Gasteiger partial charge in [0.1, 0.15) is 18.5 Å². The normalized spacial score (nSPS) is 10.9. The van der Waals surface area contributed by atoms with Crippen molar-refractivity contribution in [2.24, 2.45) is 0 Å². The fourth-order valence-corrected chi connectivity index (χ4v) is 2.71. The molecule has 134 valence electrons. The van der Waals surface area contributed by atoms with Gasteiger partial charge in [-0.15, -0.1) is 5.10 Å². The standard InChI is InChI=1S/C19H14N4O4/c1-12-2-7-16-14(9-18(24)27-17(16)8-12)10-26-19(25)13-3-5-15(6-4-13)23-11-20-21-22-23/h2-9,11H,10H2,1H3. The minimum Gasteiger partial charge on any atom is -0.457 e. The van der Waals surface area contributed by atoms with E-state index in [9.17, 15) is 9.59 Å². The van der Waals surface area contributed by atoms with Crippen molar-refractivity contribution >= 4 is 16.9 Å². The number of carbonyl (C=O) groups excluding carboxylic acids is 1. The van der Waals surface area contributed by atoms with Gasteiger partial charge in [0.15, 0.2) is 0 Å². The highest BCUT2D eigenvalue weighted by atomic mass is 16.5. The first kappa shape index (κ1) is 16.6. The van der Waals surface area contributed by atoms with Gasteiger partial charge >= 0.3 is 11.6 Å². The monoisotopic (exact) mass is 362 g/mol. The summed E-state index contributed by atoms with van der Waals surface area (Å²) in [6, 6.07) is 13.5. The Morgan fingerprint density at radius 3 is 2.70 bits per heavy atom. The van der Waals surface area contributed by atoms with Gasteiger partial charge in [0.2, 0.25) is 0 Å². The van der Waals surface area contributed by atoms with E-state index in [0.29, 0.717) is 16.7 Å². The number of nitrogens with zero attached hydrogens (tertiary/aromatic N) is 4. The Hall–Kier alpha value is -3.81. The molecule has 0 aliphatic rings. The van der Waals surface area contributed by atoms with E-state index in [1.54, 1.807) is 30.3 Å². The quantitative estimate of drug-likeness (QED) is 0.406. The molecule has 0 spiro atoms. The van der Waals surface area contributed by atoms with Gasteiger partial charge in [-0.2, -0.15) is 0 Å². The third-order valence-electron chi connectivity index (χ3n) is 4.06. The number of aryl methyl sites for hydroxylation is 1. The summed E-state index contributed by atoms with van der Waals surface area (Å²) >= 11 is 0. The van der Waals surface area contributed by atoms with Crippen molar-refractivity contribution in [1.29, 1.82) is 0 Å². The molecule has 4 aromatic rings. The highest BCUT2D eigenvalue weighted by Crippen LogP contribution is 2.19. The third kappa shape index (κ3) is 3.45. The SMILES string of the molecule is Cc1ccc2c(COC(=O)c3ccc(-n4cnnn4)cc3)cc(=O)oc2c1. The number of ether oxygens (including phenoxy) is 1. The number of carbonyl (C=O) groups is 1. The molecular formula is C19H14N4O4. The molecule has 0 fully saturated rings. The molecule has 0 saturated carbocycles. The number of fused-ring (bicyclic) bond motifs is 1. The summed E-state index contributed by atoms with van der Waals surface area (Å²) < 4.78 is 12.1. The maximum Gasteiger partial charge on any atom is 0.338 e. The highest BCUT2D eigenvalue weighted by molar-refractivity contribution is 5.90. The number of hydrogen-bond donors (Lipinski definition) is 0. The van der Waals surface area contributed by atoms with Gasteiger partial charge in [0.25, 0.3) is 0 Å². The van der Waals surface area contributed by atoms with E-state index in [4.69, 9.17) is 9.15 Å². The zero-order chi connectivity index (χ0) is 18.8. The number of benzene rings is 2. The lowest BCUT2D eigenvalue weighted by molar-refractivity contribution is 0.0474. The van der Waals surface area contributed by atoms with E-state index in [1.165, 1.54) is 17.1 Å². The largest absolute Gasteiger partial charge is 0.457 e. The maximum atomic E-state index is 12.3. The molecule has 0 aliphatic heterocycles. The van der Waals surface area contributed by atoms with Crippen LogP contribution >= 0.6 is 0 Å². The number of rotatable bonds is 4. The van der Waals surface area contributed by atoms with Gasteiger partial charge in [-0.3, -0.25) is 0 Å². The van der Waals surface area contributed by atoms with Crippen LogP contribution in [0.4, 0.5) is 0 Å². The van der Waals surface area contributed by atoms with E-state index >= 15 is 0 Å². The van der Waals surface area contributed by atoms with Crippen LogP contribution < -0.4 is 5.63 Å². The maximum absolute atomic E-state index is 12.3. The molecule has 0 aliphatic carbocycles. The lowest BCUT2D eigenvalue weighted by Crippen LogP contribution is -2.08. The molecule has 27 heavy (non-hydrogen) atoms. The summed E-state index contributed by atoms with van der Waals surface area (Å²) in [6.07, 6.45) is 1.46. The fraction of sp³-hybridized carbons (Fsp3) is 0.105. The smallest absolute Gasteiger partial charge is 0.338 e. The molecule has 8 nitrogen and oxygen atoms in total. The van der Waals surface area contributed by atoms with Gasteiger partial charge in [-0.1, -0.05) is 12.1 Å². The van der Waals surface area contributed by atoms with Crippen molar-refractivity contribution in [2.75, 3.05) is 0 Å². The van der Waals surface area contributed by atoms with Crippen LogP contribution in [0.25, 0.3) is 16.7 Å². The van der Waals surface area contributed by atoms with Crippen molar-refractivity contribution < 1.29 is 13.9 Å². The van der Waals surface area contributed by atoms with E-state index < -0.39 is 11.6 Å². The summed E-state index contributed by atoms with van der Waals surface area (Å²) in [5.41, 5.74) is 2.67. The molecule has 0 N–H and O–H groups in total. The molecule has 0 atom stereocenters. The van der Waals surface area contributed by atoms with Crippen LogP contribution in [0.1, 0.15) is 21.5 Å². The summed E-state index contributed by atoms with van der Waals surface area (Å²) in [7, 11) is 0. The molecule has 2 aromatic carbocycles. The summed E-state index contributed by atoms with van der Waals surface area (Å²) in [5.74, 6) is -0.494. The summed E-state index contributed by atoms with van der Waals surface area (Å²) in [4.78, 5) is 24.1. The Bertz CT molecular complexity index is 1160. The van der Waals surface area contributed by atoms with E-state index in [0.717, 1.165) is 16.6 Å². The van der Waals surface area contributed by atoms with Crippen molar-refractivity contribution in [3.8, 4) is 5.69 Å². The van der Waals surface area contributed by atoms with Crippen molar-refractivity contribution in [3.05, 3.63) is 82.0 Å². The Morgan fingerprint density at radius 2 is 1.96 bits per heavy atom. The second-order valence-electron chi connectivity index (χ2n) is 5.97. The number of aromatic nitrogens is 4. The second-order valence-corrected chi connectivity index (χ2v) is 5.97. The predicted molar refractivity (Wildman–Crippen MR) is 95.5 cm³/mol. The molecule has 2 aromatic heterocycles. The van der Waals surface area contributed by atoms with E-state index in [2.05, 4.69) is 15.5 Å². The van der Waals surface area contributed by atoms with Crippen LogP contribution in [0.3, 0.4) is 0 Å². The topological polar surface area (TPSA) is 100 Å². The fourth-order valence-electron chi connectivity index (χ4n) is 2.71. The first-order valence-electron chi connectivity index (χ1n) is 8.14. The lowest BCUT2D eigenvalue weighted by Gasteiger charge is -2.08. The van der Waals surface area contributed by atoms with Gasteiger partial charge in [-0.25, -0.2) is 14.3 Å². The third-order valence-corrected chi connectivity index (χ3v) is 4.06. The van der Waals surface area contributed by atoms with Crippen molar-refractivity contribution in [2.45, 2.75) is 13.5 Å². The van der Waals surface area contributed by atoms with Gasteiger partial charge < -0.3 is 9.15 Å². The molecule has 0 unspecified atom stereocenters. The molecule has 0 saturated heterocycles. The van der Waals surface area contributed by atoms with Crippen LogP contribution in [-0.2, 0) is 11.3 Å². The second kappa shape index (κ2) is 6.83. The molecule has 8 heteroatoms. The van der Waals surface area contributed by atoms with Crippen LogP contribution in [0, 0.1) is 6.92 Å². The number of hydrogen-bond acceptors (Lipinski definition) is 7. The van der Waals surface area contributed by atoms with Crippen molar-refractivity contribution in [1.82, 2.24) is 20.2 Å². The lowest BCUT2D eigenvalue weighted by atomic mass is 10.1. The number of esters is 1. The zero-order valence-corrected chi connectivity index (χ0v) is 14.3. The Balaban J connectivity index is 1.53. The molecule has 0 bridgehead atoms. The number of tetrazole rings is 1. The minimum atomic E-state index is -0.494. The Labute approximate surface area is 153 Å². The average Bonchev–Trinajstić information content (AvgIpc) is 3.20. The van der Waals surface area contributed by atoms with Crippen LogP contribution in [0.15, 0.2) is 64.1 Å². The minimum absolute atomic E-state index is 0.0290. The van der Waals surface area contributed by atoms with Gasteiger partial charge in [0, 0.05) is 17.0 Å². The Morgan fingerprint density at radius 1 is 1.15 bits per heavy atom. The predicted octanol–water partition coefficient (Wildman–Crippen LogP) is 2.43. The highest BCUT2D eigenvalue weighted by Gasteiger charge is 2.11. The summed E-state index contributed by atoms with van der Waals surface area (Å²) in [5, 5.41) is 11.6. The molecule has 0 radical (unpaired) electrons. The Kier molecular flexibility index (Phi) is 4.21. The molecular weight excluding hydrogens is 348 g/mol. The van der Waals surface area contributed by atoms with Gasteiger partial charge in [-0.05, 0) is 53.2 Å². The average molecular weight is 362 g/mol. The van der Waals surface area contributed by atoms with Crippen LogP contribution in [0.5, 0.6) is 0 Å². The molecule has 2 heterocycles. The molecule has 0 amide bonds.